The van der Waals surface area contributed by atoms with Crippen LogP contribution in [0.4, 0.5) is 0 Å². The average Bonchev–Trinajstić information content (AvgIpc) is 2.78. The van der Waals surface area contributed by atoms with Crippen molar-refractivity contribution in [2.75, 3.05) is 6.61 Å². The molecule has 1 aromatic rings. The maximum Gasteiger partial charge on any atom is 0.169 e. The maximum atomic E-state index is 9.51. The molecule has 0 spiro atoms. The first-order valence-electron chi connectivity index (χ1n) is 6.47. The van der Waals surface area contributed by atoms with Crippen LogP contribution in [-0.2, 0) is 9.47 Å². The molecule has 2 unspecified atom stereocenters. The molecule has 0 amide bonds. The van der Waals surface area contributed by atoms with Crippen LogP contribution in [0.15, 0.2) is 18.2 Å². The minimum atomic E-state index is -0.666. The van der Waals surface area contributed by atoms with Crippen LogP contribution in [0.3, 0.4) is 0 Å². The largest absolute Gasteiger partial charge is 0.394 e. The number of halogens is 2. The second kappa shape index (κ2) is 5.98. The van der Waals surface area contributed by atoms with Gasteiger partial charge in [-0.3, -0.25) is 0 Å². The molecule has 0 bridgehead atoms. The summed E-state index contributed by atoms with van der Waals surface area (Å²) in [5.74, 6) is -0.666. The summed E-state index contributed by atoms with van der Waals surface area (Å²) >= 11 is 12.4. The molecule has 0 radical (unpaired) electrons. The van der Waals surface area contributed by atoms with E-state index in [1.807, 2.05) is 13.8 Å². The van der Waals surface area contributed by atoms with Crippen LogP contribution in [0, 0.1) is 0 Å². The highest BCUT2D eigenvalue weighted by molar-refractivity contribution is 6.36. The summed E-state index contributed by atoms with van der Waals surface area (Å²) in [6.45, 7) is 3.86. The summed E-state index contributed by atoms with van der Waals surface area (Å²) in [4.78, 5) is 0. The third kappa shape index (κ3) is 2.76. The van der Waals surface area contributed by atoms with E-state index in [0.29, 0.717) is 28.5 Å². The van der Waals surface area contributed by atoms with Crippen molar-refractivity contribution in [2.45, 2.75) is 44.7 Å². The summed E-state index contributed by atoms with van der Waals surface area (Å²) in [7, 11) is 0. The quantitative estimate of drug-likeness (QED) is 0.915. The van der Waals surface area contributed by atoms with Crippen LogP contribution in [-0.4, -0.2) is 23.6 Å². The van der Waals surface area contributed by atoms with E-state index in [1.54, 1.807) is 18.2 Å². The Balaban J connectivity index is 2.38. The molecule has 1 aliphatic heterocycles. The summed E-state index contributed by atoms with van der Waals surface area (Å²) in [5, 5.41) is 10.6. The van der Waals surface area contributed by atoms with Gasteiger partial charge in [0.2, 0.25) is 0 Å². The van der Waals surface area contributed by atoms with Crippen LogP contribution in [0.25, 0.3) is 0 Å². The van der Waals surface area contributed by atoms with Crippen molar-refractivity contribution in [2.24, 2.45) is 0 Å². The number of benzene rings is 1. The molecule has 1 aromatic carbocycles. The molecule has 19 heavy (non-hydrogen) atoms. The van der Waals surface area contributed by atoms with Gasteiger partial charge in [-0.15, -0.1) is 0 Å². The van der Waals surface area contributed by atoms with Gasteiger partial charge in [0.15, 0.2) is 5.79 Å². The van der Waals surface area contributed by atoms with E-state index in [-0.39, 0.29) is 6.61 Å². The van der Waals surface area contributed by atoms with Crippen molar-refractivity contribution in [3.8, 4) is 0 Å². The first-order valence-corrected chi connectivity index (χ1v) is 7.23. The van der Waals surface area contributed by atoms with Gasteiger partial charge in [-0.05, 0) is 25.0 Å². The third-order valence-electron chi connectivity index (χ3n) is 3.59. The first kappa shape index (κ1) is 15.1. The molecular weight excluding hydrogens is 287 g/mol. The Morgan fingerprint density at radius 2 is 1.74 bits per heavy atom. The van der Waals surface area contributed by atoms with Gasteiger partial charge in [0.05, 0.1) is 6.61 Å². The average molecular weight is 305 g/mol. The Kier molecular flexibility index (Phi) is 4.75. The van der Waals surface area contributed by atoms with Crippen molar-refractivity contribution < 1.29 is 14.6 Å². The molecule has 0 aromatic heterocycles. The standard InChI is InChI=1S/C14H18Cl2O3/c1-3-14(4-2)18-11(8-17)13(19-14)12-9(15)6-5-7-10(12)16/h5-7,11,13,17H,3-4,8H2,1-2H3. The molecule has 1 heterocycles. The highest BCUT2D eigenvalue weighted by atomic mass is 35.5. The third-order valence-corrected chi connectivity index (χ3v) is 4.25. The highest BCUT2D eigenvalue weighted by Crippen LogP contribution is 2.45. The van der Waals surface area contributed by atoms with E-state index in [4.69, 9.17) is 32.7 Å². The molecule has 106 valence electrons. The molecule has 1 N–H and O–H groups in total. The van der Waals surface area contributed by atoms with Crippen LogP contribution in [0.1, 0.15) is 38.4 Å². The number of ether oxygens (including phenoxy) is 2. The fourth-order valence-corrected chi connectivity index (χ4v) is 3.03. The molecule has 1 fully saturated rings. The SMILES string of the molecule is CCC1(CC)OC(CO)C(c2c(Cl)cccc2Cl)O1. The topological polar surface area (TPSA) is 38.7 Å². The Hall–Kier alpha value is -0.320. The van der Waals surface area contributed by atoms with Gasteiger partial charge in [0, 0.05) is 15.6 Å². The first-order chi connectivity index (χ1) is 9.06. The van der Waals surface area contributed by atoms with Crippen LogP contribution >= 0.6 is 23.2 Å². The summed E-state index contributed by atoms with van der Waals surface area (Å²) < 4.78 is 11.9. The monoisotopic (exact) mass is 304 g/mol. The van der Waals surface area contributed by atoms with Crippen molar-refractivity contribution in [1.82, 2.24) is 0 Å². The molecule has 1 aliphatic rings. The molecule has 3 nitrogen and oxygen atoms in total. The maximum absolute atomic E-state index is 9.51. The van der Waals surface area contributed by atoms with Crippen LogP contribution in [0.2, 0.25) is 10.0 Å². The second-order valence-corrected chi connectivity index (χ2v) is 5.44. The zero-order chi connectivity index (χ0) is 14.0. The normalized spacial score (nSPS) is 25.7. The lowest BCUT2D eigenvalue weighted by Gasteiger charge is -2.25. The lowest BCUT2D eigenvalue weighted by Crippen LogP contribution is -2.29. The van der Waals surface area contributed by atoms with E-state index >= 15 is 0 Å². The highest BCUT2D eigenvalue weighted by Gasteiger charge is 2.46. The number of aliphatic hydroxyl groups is 1. The zero-order valence-corrected chi connectivity index (χ0v) is 12.5. The van der Waals surface area contributed by atoms with Crippen molar-refractivity contribution >= 4 is 23.2 Å². The fourth-order valence-electron chi connectivity index (χ4n) is 2.42. The summed E-state index contributed by atoms with van der Waals surface area (Å²) in [6, 6.07) is 5.31. The number of hydrogen-bond donors (Lipinski definition) is 1. The van der Waals surface area contributed by atoms with Gasteiger partial charge in [0.25, 0.3) is 0 Å². The lowest BCUT2D eigenvalue weighted by molar-refractivity contribution is -0.181. The second-order valence-electron chi connectivity index (χ2n) is 4.63. The van der Waals surface area contributed by atoms with Gasteiger partial charge in [-0.25, -0.2) is 0 Å². The minimum absolute atomic E-state index is 0.131. The van der Waals surface area contributed by atoms with Gasteiger partial charge in [-0.2, -0.15) is 0 Å². The Morgan fingerprint density at radius 3 is 2.21 bits per heavy atom. The number of hydrogen-bond acceptors (Lipinski definition) is 3. The van der Waals surface area contributed by atoms with Crippen LogP contribution in [0.5, 0.6) is 0 Å². The van der Waals surface area contributed by atoms with E-state index in [2.05, 4.69) is 0 Å². The van der Waals surface area contributed by atoms with E-state index < -0.39 is 18.0 Å². The van der Waals surface area contributed by atoms with E-state index in [9.17, 15) is 5.11 Å². The fraction of sp³-hybridized carbons (Fsp3) is 0.571. The predicted molar refractivity (Wildman–Crippen MR) is 75.6 cm³/mol. The minimum Gasteiger partial charge on any atom is -0.394 e. The van der Waals surface area contributed by atoms with Crippen molar-refractivity contribution in [3.63, 3.8) is 0 Å². The number of rotatable bonds is 4. The predicted octanol–water partition coefficient (Wildman–Crippen LogP) is 3.96. The lowest BCUT2D eigenvalue weighted by atomic mass is 10.0. The molecular formula is C14H18Cl2O3. The molecule has 1 saturated heterocycles. The molecule has 2 atom stereocenters. The molecule has 0 saturated carbocycles. The Labute approximate surface area is 123 Å². The number of aliphatic hydroxyl groups excluding tert-OH is 1. The molecule has 2 rings (SSSR count). The van der Waals surface area contributed by atoms with Gasteiger partial charge in [-0.1, -0.05) is 43.1 Å². The van der Waals surface area contributed by atoms with E-state index in [0.717, 1.165) is 0 Å². The van der Waals surface area contributed by atoms with Crippen molar-refractivity contribution in [3.05, 3.63) is 33.8 Å². The van der Waals surface area contributed by atoms with Crippen LogP contribution < -0.4 is 0 Å². The molecule has 0 aliphatic carbocycles. The molecule has 5 heteroatoms. The van der Waals surface area contributed by atoms with Gasteiger partial charge in [0.1, 0.15) is 12.2 Å². The Bertz CT molecular complexity index is 426. The van der Waals surface area contributed by atoms with Gasteiger partial charge >= 0.3 is 0 Å². The smallest absolute Gasteiger partial charge is 0.169 e. The van der Waals surface area contributed by atoms with Gasteiger partial charge < -0.3 is 14.6 Å². The summed E-state index contributed by atoms with van der Waals surface area (Å²) in [5.41, 5.74) is 0.689. The summed E-state index contributed by atoms with van der Waals surface area (Å²) in [6.07, 6.45) is 0.528. The van der Waals surface area contributed by atoms with E-state index in [1.165, 1.54) is 0 Å². The van der Waals surface area contributed by atoms with Crippen molar-refractivity contribution in [1.29, 1.82) is 0 Å². The zero-order valence-electron chi connectivity index (χ0n) is 11.0. The Morgan fingerprint density at radius 1 is 1.16 bits per heavy atom.